The number of morpholine rings is 1. The Bertz CT molecular complexity index is 820. The van der Waals surface area contributed by atoms with Crippen LogP contribution in [0.3, 0.4) is 0 Å². The lowest BCUT2D eigenvalue weighted by Gasteiger charge is -2.27. The van der Waals surface area contributed by atoms with E-state index in [0.29, 0.717) is 0 Å². The van der Waals surface area contributed by atoms with Crippen molar-refractivity contribution >= 4 is 23.1 Å². The van der Waals surface area contributed by atoms with E-state index in [4.69, 9.17) is 15.5 Å². The molecule has 0 radical (unpaired) electrons. The van der Waals surface area contributed by atoms with Gasteiger partial charge in [-0.1, -0.05) is 18.7 Å². The van der Waals surface area contributed by atoms with Crippen LogP contribution in [0.1, 0.15) is 36.7 Å². The molecule has 2 aromatic heterocycles. The van der Waals surface area contributed by atoms with Gasteiger partial charge < -0.3 is 20.4 Å². The quantitative estimate of drug-likeness (QED) is 0.571. The van der Waals surface area contributed by atoms with Crippen molar-refractivity contribution < 1.29 is 4.74 Å². The summed E-state index contributed by atoms with van der Waals surface area (Å²) in [4.78, 5) is 7.20. The van der Waals surface area contributed by atoms with Crippen LogP contribution in [0.25, 0.3) is 23.1 Å². The van der Waals surface area contributed by atoms with Crippen molar-refractivity contribution in [2.75, 3.05) is 45.9 Å². The highest BCUT2D eigenvalue weighted by Gasteiger charge is 2.18. The predicted molar refractivity (Wildman–Crippen MR) is 122 cm³/mol. The van der Waals surface area contributed by atoms with Gasteiger partial charge in [0.05, 0.1) is 24.4 Å². The molecule has 0 aliphatic carbocycles. The molecule has 158 valence electrons. The maximum atomic E-state index is 5.60. The Balaban J connectivity index is 1.91. The van der Waals surface area contributed by atoms with Crippen LogP contribution in [0.15, 0.2) is 24.9 Å². The molecule has 2 aromatic rings. The van der Waals surface area contributed by atoms with E-state index in [0.717, 1.165) is 77.6 Å². The third kappa shape index (κ3) is 5.34. The highest BCUT2D eigenvalue weighted by atomic mass is 16.5. The fraction of sp³-hybridized carbons (Fsp3) is 0.522. The second-order valence-electron chi connectivity index (χ2n) is 7.44. The van der Waals surface area contributed by atoms with Gasteiger partial charge >= 0.3 is 0 Å². The average Bonchev–Trinajstić information content (AvgIpc) is 3.06. The van der Waals surface area contributed by atoms with Gasteiger partial charge in [0.15, 0.2) is 0 Å². The van der Waals surface area contributed by atoms with Gasteiger partial charge in [-0.2, -0.15) is 0 Å². The van der Waals surface area contributed by atoms with Crippen molar-refractivity contribution in [2.24, 2.45) is 5.73 Å². The molecule has 1 aliphatic heterocycles. The molecular formula is C23H35N5O. The molecule has 0 saturated carbocycles. The van der Waals surface area contributed by atoms with E-state index >= 15 is 0 Å². The Hall–Kier alpha value is -1.99. The average molecular weight is 398 g/mol. The first-order chi connectivity index (χ1) is 14.3. The molecule has 1 aliphatic rings. The molecule has 6 nitrogen and oxygen atoms in total. The molecule has 0 atom stereocenters. The summed E-state index contributed by atoms with van der Waals surface area (Å²) in [5, 5.41) is 4.76. The number of pyridine rings is 1. The summed E-state index contributed by atoms with van der Waals surface area (Å²) in [7, 11) is 0. The molecule has 3 N–H and O–H groups in total. The SMILES string of the molecule is C=Cc1c(/C=C\C)n(CCN2CCOCC2)c2c(CNCCCCN)nccc12. The van der Waals surface area contributed by atoms with Gasteiger partial charge in [0.2, 0.25) is 0 Å². The molecule has 0 amide bonds. The normalized spacial score (nSPS) is 15.5. The molecule has 0 unspecified atom stereocenters. The number of nitrogens with one attached hydrogen (secondary N) is 1. The summed E-state index contributed by atoms with van der Waals surface area (Å²) in [5.74, 6) is 0. The number of nitrogens with two attached hydrogens (primary N) is 1. The fourth-order valence-electron chi connectivity index (χ4n) is 4.00. The summed E-state index contributed by atoms with van der Waals surface area (Å²) in [6.07, 6.45) is 10.3. The van der Waals surface area contributed by atoms with E-state index in [2.05, 4.69) is 46.5 Å². The number of rotatable bonds is 11. The Morgan fingerprint density at radius 3 is 2.83 bits per heavy atom. The second kappa shape index (κ2) is 11.3. The van der Waals surface area contributed by atoms with Gasteiger partial charge in [-0.25, -0.2) is 0 Å². The highest BCUT2D eigenvalue weighted by Crippen LogP contribution is 2.30. The topological polar surface area (TPSA) is 68.3 Å². The summed E-state index contributed by atoms with van der Waals surface area (Å²) < 4.78 is 7.92. The van der Waals surface area contributed by atoms with Crippen molar-refractivity contribution in [1.82, 2.24) is 19.8 Å². The zero-order valence-corrected chi connectivity index (χ0v) is 17.7. The first kappa shape index (κ1) is 21.7. The zero-order chi connectivity index (χ0) is 20.5. The minimum absolute atomic E-state index is 0.745. The van der Waals surface area contributed by atoms with E-state index in [-0.39, 0.29) is 0 Å². The predicted octanol–water partition coefficient (Wildman–Crippen LogP) is 2.87. The van der Waals surface area contributed by atoms with Crippen molar-refractivity contribution in [3.63, 3.8) is 0 Å². The molecule has 0 bridgehead atoms. The number of ether oxygens (including phenoxy) is 1. The smallest absolute Gasteiger partial charge is 0.0784 e. The molecule has 1 fully saturated rings. The third-order valence-corrected chi connectivity index (χ3v) is 5.50. The molecule has 1 saturated heterocycles. The first-order valence-electron chi connectivity index (χ1n) is 10.8. The molecule has 0 aromatic carbocycles. The van der Waals surface area contributed by atoms with Gasteiger partial charge in [-0.05, 0) is 45.0 Å². The lowest BCUT2D eigenvalue weighted by atomic mass is 10.1. The number of allylic oxidation sites excluding steroid dienone is 1. The van der Waals surface area contributed by atoms with Gasteiger partial charge in [0, 0.05) is 55.6 Å². The molecule has 3 rings (SSSR count). The maximum absolute atomic E-state index is 5.60. The Morgan fingerprint density at radius 1 is 1.28 bits per heavy atom. The summed E-state index contributed by atoms with van der Waals surface area (Å²) >= 11 is 0. The van der Waals surface area contributed by atoms with Gasteiger partial charge in [0.1, 0.15) is 0 Å². The minimum Gasteiger partial charge on any atom is -0.379 e. The van der Waals surface area contributed by atoms with Gasteiger partial charge in [0.25, 0.3) is 0 Å². The summed E-state index contributed by atoms with van der Waals surface area (Å²) in [6, 6.07) is 2.11. The van der Waals surface area contributed by atoms with E-state index in [1.807, 2.05) is 12.3 Å². The Kier molecular flexibility index (Phi) is 8.43. The van der Waals surface area contributed by atoms with Crippen LogP contribution in [-0.4, -0.2) is 60.4 Å². The van der Waals surface area contributed by atoms with E-state index in [1.54, 1.807) is 0 Å². The molecule has 3 heterocycles. The maximum Gasteiger partial charge on any atom is 0.0784 e. The van der Waals surface area contributed by atoms with Crippen LogP contribution < -0.4 is 11.1 Å². The standard InChI is InChI=1S/C23H35N5O/c1-3-7-22-19(4-2)20-8-11-26-21(18-25-10-6-5-9-24)23(20)28(22)13-12-27-14-16-29-17-15-27/h3-4,7-8,11,25H,2,5-6,9-10,12-18,24H2,1H3/b7-3-. The van der Waals surface area contributed by atoms with Crippen molar-refractivity contribution in [1.29, 1.82) is 0 Å². The van der Waals surface area contributed by atoms with Crippen LogP contribution in [-0.2, 0) is 17.8 Å². The van der Waals surface area contributed by atoms with Crippen LogP contribution >= 0.6 is 0 Å². The van der Waals surface area contributed by atoms with Crippen molar-refractivity contribution in [3.8, 4) is 0 Å². The lowest BCUT2D eigenvalue weighted by Crippen LogP contribution is -2.38. The van der Waals surface area contributed by atoms with Crippen molar-refractivity contribution in [3.05, 3.63) is 41.9 Å². The number of hydrogen-bond acceptors (Lipinski definition) is 5. The zero-order valence-electron chi connectivity index (χ0n) is 17.7. The summed E-state index contributed by atoms with van der Waals surface area (Å²) in [6.45, 7) is 14.2. The summed E-state index contributed by atoms with van der Waals surface area (Å²) in [5.41, 5.74) is 10.3. The molecule has 0 spiro atoms. The lowest BCUT2D eigenvalue weighted by molar-refractivity contribution is 0.0365. The fourth-order valence-corrected chi connectivity index (χ4v) is 4.00. The number of aromatic nitrogens is 2. The number of hydrogen-bond donors (Lipinski definition) is 2. The largest absolute Gasteiger partial charge is 0.379 e. The number of unbranched alkanes of at least 4 members (excludes halogenated alkanes) is 1. The van der Waals surface area contributed by atoms with Crippen LogP contribution in [0.4, 0.5) is 0 Å². The number of fused-ring (bicyclic) bond motifs is 1. The molecular weight excluding hydrogens is 362 g/mol. The van der Waals surface area contributed by atoms with E-state index in [9.17, 15) is 0 Å². The third-order valence-electron chi connectivity index (χ3n) is 5.50. The Labute approximate surface area is 174 Å². The Morgan fingerprint density at radius 2 is 2.10 bits per heavy atom. The van der Waals surface area contributed by atoms with Crippen molar-refractivity contribution in [2.45, 2.75) is 32.9 Å². The monoisotopic (exact) mass is 397 g/mol. The van der Waals surface area contributed by atoms with Crippen LogP contribution in [0, 0.1) is 0 Å². The van der Waals surface area contributed by atoms with E-state index < -0.39 is 0 Å². The van der Waals surface area contributed by atoms with E-state index in [1.165, 1.54) is 22.2 Å². The van der Waals surface area contributed by atoms with Crippen LogP contribution in [0.5, 0.6) is 0 Å². The first-order valence-corrected chi connectivity index (χ1v) is 10.8. The second-order valence-corrected chi connectivity index (χ2v) is 7.44. The molecule has 29 heavy (non-hydrogen) atoms. The highest BCUT2D eigenvalue weighted by molar-refractivity contribution is 5.94. The molecule has 6 heteroatoms. The minimum atomic E-state index is 0.745. The van der Waals surface area contributed by atoms with Gasteiger partial charge in [-0.3, -0.25) is 9.88 Å². The van der Waals surface area contributed by atoms with Gasteiger partial charge in [-0.15, -0.1) is 0 Å². The van der Waals surface area contributed by atoms with Crippen LogP contribution in [0.2, 0.25) is 0 Å². The number of nitrogens with zero attached hydrogens (tertiary/aromatic N) is 3.